The molecule has 1 N–H and O–H groups in total. The van der Waals surface area contributed by atoms with Crippen LogP contribution in [-0.4, -0.2) is 40.8 Å². The highest BCUT2D eigenvalue weighted by Gasteiger charge is 2.30. The number of aromatic nitrogens is 2. The quantitative estimate of drug-likeness (QED) is 0.725. The summed E-state index contributed by atoms with van der Waals surface area (Å²) >= 11 is 0. The lowest BCUT2D eigenvalue weighted by molar-refractivity contribution is -0.117. The lowest BCUT2D eigenvalue weighted by Crippen LogP contribution is -2.30. The summed E-state index contributed by atoms with van der Waals surface area (Å²) in [7, 11) is 1.83. The second-order valence-electron chi connectivity index (χ2n) is 6.98. The van der Waals surface area contributed by atoms with Crippen LogP contribution in [0.4, 0.5) is 14.6 Å². The molecule has 0 spiro atoms. The third-order valence-corrected chi connectivity index (χ3v) is 4.64. The van der Waals surface area contributed by atoms with Crippen LogP contribution in [0.2, 0.25) is 0 Å². The smallest absolute Gasteiger partial charge is 0.387 e. The van der Waals surface area contributed by atoms with Gasteiger partial charge in [-0.15, -0.1) is 0 Å². The summed E-state index contributed by atoms with van der Waals surface area (Å²) in [5.74, 6) is 1.34. The van der Waals surface area contributed by atoms with Crippen molar-refractivity contribution < 1.29 is 18.3 Å². The zero-order valence-electron chi connectivity index (χ0n) is 15.4. The molecule has 1 atom stereocenters. The third kappa shape index (κ3) is 5.50. The van der Waals surface area contributed by atoms with Gasteiger partial charge in [0.25, 0.3) is 0 Å². The maximum absolute atomic E-state index is 12.3. The second kappa shape index (κ2) is 8.47. The van der Waals surface area contributed by atoms with Crippen LogP contribution in [0, 0.1) is 5.92 Å². The van der Waals surface area contributed by atoms with Gasteiger partial charge in [0.05, 0.1) is 18.8 Å². The minimum absolute atomic E-state index is 0.118. The molecule has 1 aliphatic rings. The van der Waals surface area contributed by atoms with Crippen molar-refractivity contribution >= 4 is 11.7 Å². The molecule has 0 aliphatic heterocycles. The predicted molar refractivity (Wildman–Crippen MR) is 97.7 cm³/mol. The van der Waals surface area contributed by atoms with Gasteiger partial charge in [0.2, 0.25) is 5.91 Å². The normalized spacial score (nSPS) is 15.2. The number of hydrogen-bond donors (Lipinski definition) is 1. The van der Waals surface area contributed by atoms with Crippen molar-refractivity contribution in [2.75, 3.05) is 18.9 Å². The molecule has 0 bridgehead atoms. The zero-order chi connectivity index (χ0) is 19.4. The van der Waals surface area contributed by atoms with Crippen LogP contribution in [-0.2, 0) is 11.3 Å². The van der Waals surface area contributed by atoms with E-state index in [-0.39, 0.29) is 24.2 Å². The van der Waals surface area contributed by atoms with Crippen molar-refractivity contribution in [1.29, 1.82) is 0 Å². The Labute approximate surface area is 157 Å². The van der Waals surface area contributed by atoms with Gasteiger partial charge in [-0.2, -0.15) is 13.9 Å². The van der Waals surface area contributed by atoms with Crippen molar-refractivity contribution in [3.8, 4) is 5.75 Å². The fourth-order valence-corrected chi connectivity index (χ4v) is 3.09. The van der Waals surface area contributed by atoms with Gasteiger partial charge in [-0.25, -0.2) is 4.68 Å². The van der Waals surface area contributed by atoms with E-state index in [1.165, 1.54) is 25.0 Å². The van der Waals surface area contributed by atoms with Crippen LogP contribution in [0.5, 0.6) is 5.75 Å². The number of carbonyl (C=O) groups is 1. The first kappa shape index (κ1) is 19.3. The van der Waals surface area contributed by atoms with E-state index in [4.69, 9.17) is 0 Å². The SMILES string of the molecule is CC(C1CC1)n1nccc1NC(=O)CN(C)Cc1ccc(OC(F)F)cc1. The maximum atomic E-state index is 12.3. The summed E-state index contributed by atoms with van der Waals surface area (Å²) in [6.07, 6.45) is 4.11. The van der Waals surface area contributed by atoms with Crippen molar-refractivity contribution in [3.63, 3.8) is 0 Å². The monoisotopic (exact) mass is 378 g/mol. The molecule has 1 aromatic carbocycles. The lowest BCUT2D eigenvalue weighted by Gasteiger charge is -2.18. The van der Waals surface area contributed by atoms with Gasteiger partial charge in [0.1, 0.15) is 11.6 Å². The number of nitrogens with zero attached hydrogens (tertiary/aromatic N) is 3. The molecular formula is C19H24F2N4O2. The molecule has 1 aliphatic carbocycles. The van der Waals surface area contributed by atoms with Gasteiger partial charge in [0.15, 0.2) is 0 Å². The molecule has 0 radical (unpaired) electrons. The predicted octanol–water partition coefficient (Wildman–Crippen LogP) is 3.53. The van der Waals surface area contributed by atoms with Gasteiger partial charge in [-0.3, -0.25) is 9.69 Å². The molecule has 1 aromatic heterocycles. The molecule has 1 unspecified atom stereocenters. The van der Waals surface area contributed by atoms with E-state index in [2.05, 4.69) is 22.1 Å². The number of likely N-dealkylation sites (N-methyl/N-ethyl adjacent to an activating group) is 1. The Hall–Kier alpha value is -2.48. The molecule has 1 heterocycles. The summed E-state index contributed by atoms with van der Waals surface area (Å²) in [6.45, 7) is 0.00462. The number of halogens is 2. The fourth-order valence-electron chi connectivity index (χ4n) is 3.09. The number of hydrogen-bond acceptors (Lipinski definition) is 4. The minimum atomic E-state index is -2.83. The Morgan fingerprint density at radius 2 is 2.04 bits per heavy atom. The average Bonchev–Trinajstić information content (AvgIpc) is 3.35. The fraction of sp³-hybridized carbons (Fsp3) is 0.474. The largest absolute Gasteiger partial charge is 0.435 e. The minimum Gasteiger partial charge on any atom is -0.435 e. The number of rotatable bonds is 9. The Kier molecular flexibility index (Phi) is 6.05. The van der Waals surface area contributed by atoms with Crippen molar-refractivity contribution in [2.45, 2.75) is 39.0 Å². The zero-order valence-corrected chi connectivity index (χ0v) is 15.4. The average molecular weight is 378 g/mol. The summed E-state index contributed by atoms with van der Waals surface area (Å²) < 4.78 is 30.6. The molecular weight excluding hydrogens is 354 g/mol. The number of ether oxygens (including phenoxy) is 1. The molecule has 27 heavy (non-hydrogen) atoms. The first-order valence-electron chi connectivity index (χ1n) is 8.98. The van der Waals surface area contributed by atoms with E-state index >= 15 is 0 Å². The second-order valence-corrected chi connectivity index (χ2v) is 6.98. The number of alkyl halides is 2. The summed E-state index contributed by atoms with van der Waals surface area (Å²) in [5, 5.41) is 7.25. The van der Waals surface area contributed by atoms with Crippen LogP contribution >= 0.6 is 0 Å². The van der Waals surface area contributed by atoms with Crippen LogP contribution in [0.25, 0.3) is 0 Å². The van der Waals surface area contributed by atoms with Gasteiger partial charge < -0.3 is 10.1 Å². The van der Waals surface area contributed by atoms with E-state index in [9.17, 15) is 13.6 Å². The standard InChI is InChI=1S/C19H24F2N4O2/c1-13(15-5-6-15)25-17(9-10-22-25)23-18(26)12-24(2)11-14-3-7-16(8-4-14)27-19(20)21/h3-4,7-10,13,15,19H,5-6,11-12H2,1-2H3,(H,23,26). The molecule has 1 fully saturated rings. The Balaban J connectivity index is 1.50. The van der Waals surface area contributed by atoms with Gasteiger partial charge in [-0.1, -0.05) is 12.1 Å². The van der Waals surface area contributed by atoms with Gasteiger partial charge >= 0.3 is 6.61 Å². The number of amides is 1. The summed E-state index contributed by atoms with van der Waals surface area (Å²) in [4.78, 5) is 14.2. The van der Waals surface area contributed by atoms with Crippen molar-refractivity contribution in [3.05, 3.63) is 42.1 Å². The topological polar surface area (TPSA) is 59.4 Å². The highest BCUT2D eigenvalue weighted by molar-refractivity contribution is 5.91. The summed E-state index contributed by atoms with van der Waals surface area (Å²) in [5.41, 5.74) is 0.902. The molecule has 0 saturated heterocycles. The number of benzene rings is 1. The maximum Gasteiger partial charge on any atom is 0.387 e. The molecule has 3 rings (SSSR count). The van der Waals surface area contributed by atoms with Crippen molar-refractivity contribution in [1.82, 2.24) is 14.7 Å². The number of nitrogens with one attached hydrogen (secondary N) is 1. The van der Waals surface area contributed by atoms with Crippen LogP contribution in [0.1, 0.15) is 31.4 Å². The highest BCUT2D eigenvalue weighted by atomic mass is 19.3. The summed E-state index contributed by atoms with van der Waals surface area (Å²) in [6, 6.07) is 8.48. The molecule has 2 aromatic rings. The number of anilines is 1. The Morgan fingerprint density at radius 1 is 1.33 bits per heavy atom. The molecule has 8 heteroatoms. The first-order valence-corrected chi connectivity index (χ1v) is 8.98. The van der Waals surface area contributed by atoms with E-state index in [1.807, 2.05) is 16.6 Å². The molecule has 146 valence electrons. The van der Waals surface area contributed by atoms with Gasteiger partial charge in [-0.05, 0) is 50.4 Å². The molecule has 1 saturated carbocycles. The van der Waals surface area contributed by atoms with Crippen LogP contribution in [0.3, 0.4) is 0 Å². The van der Waals surface area contributed by atoms with E-state index in [0.29, 0.717) is 18.3 Å². The molecule has 1 amide bonds. The van der Waals surface area contributed by atoms with E-state index in [0.717, 1.165) is 5.56 Å². The van der Waals surface area contributed by atoms with E-state index in [1.54, 1.807) is 24.4 Å². The first-order chi connectivity index (χ1) is 12.9. The third-order valence-electron chi connectivity index (χ3n) is 4.64. The number of carbonyl (C=O) groups excluding carboxylic acids is 1. The van der Waals surface area contributed by atoms with Crippen molar-refractivity contribution in [2.24, 2.45) is 5.92 Å². The Bertz CT molecular complexity index is 759. The Morgan fingerprint density at radius 3 is 2.67 bits per heavy atom. The lowest BCUT2D eigenvalue weighted by atomic mass is 10.2. The van der Waals surface area contributed by atoms with Crippen LogP contribution in [0.15, 0.2) is 36.5 Å². The highest BCUT2D eigenvalue weighted by Crippen LogP contribution is 2.40. The van der Waals surface area contributed by atoms with E-state index < -0.39 is 6.61 Å². The molecule has 6 nitrogen and oxygen atoms in total. The van der Waals surface area contributed by atoms with Gasteiger partial charge in [0, 0.05) is 12.6 Å². The van der Waals surface area contributed by atoms with Crippen LogP contribution < -0.4 is 10.1 Å².